The third kappa shape index (κ3) is 2.53. The van der Waals surface area contributed by atoms with Crippen LogP contribution in [-0.2, 0) is 12.8 Å². The van der Waals surface area contributed by atoms with Gasteiger partial charge in [0.1, 0.15) is 5.82 Å². The average molecular weight is 308 g/mol. The minimum Gasteiger partial charge on any atom is -0.327 e. The number of aryl methyl sites for hydroxylation is 1. The van der Waals surface area contributed by atoms with Crippen molar-refractivity contribution in [3.05, 3.63) is 65.9 Å². The number of benzene rings is 1. The summed E-state index contributed by atoms with van der Waals surface area (Å²) in [5.41, 5.74) is 11.4. The molecule has 116 valence electrons. The van der Waals surface area contributed by atoms with Crippen LogP contribution in [0.1, 0.15) is 17.7 Å². The van der Waals surface area contributed by atoms with E-state index in [1.165, 1.54) is 17.7 Å². The lowest BCUT2D eigenvalue weighted by Crippen LogP contribution is -2.27. The lowest BCUT2D eigenvalue weighted by molar-refractivity contribution is 0.571. The summed E-state index contributed by atoms with van der Waals surface area (Å²) in [5.74, 6) is -0.252. The molecule has 2 heterocycles. The van der Waals surface area contributed by atoms with Crippen LogP contribution >= 0.6 is 0 Å². The van der Waals surface area contributed by atoms with E-state index < -0.39 is 0 Å². The second-order valence-electron chi connectivity index (χ2n) is 5.90. The SMILES string of the molecule is NC1CCc2nn(-c3ccc(F)cc3)c(-c3ccncc3)c2C1. The molecule has 4 nitrogen and oxygen atoms in total. The van der Waals surface area contributed by atoms with Crippen LogP contribution in [0.2, 0.25) is 0 Å². The Hall–Kier alpha value is -2.53. The Morgan fingerprint density at radius 3 is 2.57 bits per heavy atom. The summed E-state index contributed by atoms with van der Waals surface area (Å²) < 4.78 is 15.1. The molecule has 0 radical (unpaired) electrons. The second-order valence-corrected chi connectivity index (χ2v) is 5.90. The van der Waals surface area contributed by atoms with E-state index in [1.807, 2.05) is 16.8 Å². The van der Waals surface area contributed by atoms with Gasteiger partial charge in [-0.3, -0.25) is 4.98 Å². The molecule has 3 aromatic rings. The van der Waals surface area contributed by atoms with E-state index in [2.05, 4.69) is 4.98 Å². The predicted molar refractivity (Wildman–Crippen MR) is 86.8 cm³/mol. The summed E-state index contributed by atoms with van der Waals surface area (Å²) in [4.78, 5) is 4.09. The minimum absolute atomic E-state index is 0.161. The van der Waals surface area contributed by atoms with Crippen molar-refractivity contribution in [3.63, 3.8) is 0 Å². The first-order valence-electron chi connectivity index (χ1n) is 7.75. The van der Waals surface area contributed by atoms with E-state index in [1.54, 1.807) is 24.5 Å². The summed E-state index contributed by atoms with van der Waals surface area (Å²) in [6.45, 7) is 0. The van der Waals surface area contributed by atoms with Gasteiger partial charge in [-0.05, 0) is 55.7 Å². The summed E-state index contributed by atoms with van der Waals surface area (Å²) in [6.07, 6.45) is 6.18. The molecule has 0 spiro atoms. The molecule has 1 atom stereocenters. The van der Waals surface area contributed by atoms with Crippen molar-refractivity contribution in [2.75, 3.05) is 0 Å². The lowest BCUT2D eigenvalue weighted by atomic mass is 9.90. The number of hydrogen-bond donors (Lipinski definition) is 1. The number of fused-ring (bicyclic) bond motifs is 1. The highest BCUT2D eigenvalue weighted by atomic mass is 19.1. The zero-order valence-electron chi connectivity index (χ0n) is 12.6. The van der Waals surface area contributed by atoms with Crippen molar-refractivity contribution >= 4 is 0 Å². The second kappa shape index (κ2) is 5.59. The summed E-state index contributed by atoms with van der Waals surface area (Å²) in [6, 6.07) is 10.5. The summed E-state index contributed by atoms with van der Waals surface area (Å²) in [5, 5.41) is 4.78. The molecule has 2 aromatic heterocycles. The quantitative estimate of drug-likeness (QED) is 0.792. The number of nitrogens with zero attached hydrogens (tertiary/aromatic N) is 3. The molecule has 23 heavy (non-hydrogen) atoms. The van der Waals surface area contributed by atoms with Gasteiger partial charge in [0.05, 0.1) is 17.1 Å². The predicted octanol–water partition coefficient (Wildman–Crippen LogP) is 2.89. The standard InChI is InChI=1S/C18H17FN4/c19-13-1-4-15(5-2-13)23-18(12-7-9-21-10-8-12)16-11-14(20)3-6-17(16)22-23/h1-2,4-5,7-10,14H,3,6,11,20H2. The first-order chi connectivity index (χ1) is 11.2. The van der Waals surface area contributed by atoms with Crippen LogP contribution in [0.25, 0.3) is 16.9 Å². The molecule has 1 aromatic carbocycles. The van der Waals surface area contributed by atoms with Gasteiger partial charge >= 0.3 is 0 Å². The summed E-state index contributed by atoms with van der Waals surface area (Å²) >= 11 is 0. The van der Waals surface area contributed by atoms with Crippen molar-refractivity contribution in [3.8, 4) is 16.9 Å². The van der Waals surface area contributed by atoms with Crippen LogP contribution in [0, 0.1) is 5.82 Å². The van der Waals surface area contributed by atoms with Crippen LogP contribution in [0.4, 0.5) is 4.39 Å². The zero-order chi connectivity index (χ0) is 15.8. The molecule has 0 amide bonds. The molecule has 0 saturated heterocycles. The van der Waals surface area contributed by atoms with Gasteiger partial charge in [0.25, 0.3) is 0 Å². The monoisotopic (exact) mass is 308 g/mol. The van der Waals surface area contributed by atoms with Crippen molar-refractivity contribution < 1.29 is 4.39 Å². The Balaban J connectivity index is 1.93. The van der Waals surface area contributed by atoms with Gasteiger partial charge in [-0.25, -0.2) is 9.07 Å². The number of nitrogens with two attached hydrogens (primary N) is 1. The van der Waals surface area contributed by atoms with E-state index >= 15 is 0 Å². The van der Waals surface area contributed by atoms with Gasteiger partial charge in [-0.2, -0.15) is 5.10 Å². The van der Waals surface area contributed by atoms with Crippen LogP contribution in [0.15, 0.2) is 48.8 Å². The molecular weight excluding hydrogens is 291 g/mol. The number of aromatic nitrogens is 3. The van der Waals surface area contributed by atoms with Crippen LogP contribution < -0.4 is 5.73 Å². The molecule has 4 rings (SSSR count). The van der Waals surface area contributed by atoms with Crippen molar-refractivity contribution in [1.82, 2.24) is 14.8 Å². The largest absolute Gasteiger partial charge is 0.327 e. The van der Waals surface area contributed by atoms with E-state index in [4.69, 9.17) is 10.8 Å². The molecule has 2 N–H and O–H groups in total. The highest BCUT2D eigenvalue weighted by molar-refractivity contribution is 5.67. The number of halogens is 1. The van der Waals surface area contributed by atoms with Gasteiger partial charge in [-0.1, -0.05) is 0 Å². The molecule has 0 saturated carbocycles. The van der Waals surface area contributed by atoms with Crippen LogP contribution in [0.3, 0.4) is 0 Å². The Kier molecular flexibility index (Phi) is 3.42. The first kappa shape index (κ1) is 14.1. The number of rotatable bonds is 2. The fourth-order valence-corrected chi connectivity index (χ4v) is 3.17. The fourth-order valence-electron chi connectivity index (χ4n) is 3.17. The highest BCUT2D eigenvalue weighted by Gasteiger charge is 2.25. The van der Waals surface area contributed by atoms with E-state index in [9.17, 15) is 4.39 Å². The van der Waals surface area contributed by atoms with Crippen molar-refractivity contribution in [2.24, 2.45) is 5.73 Å². The molecule has 0 fully saturated rings. The van der Waals surface area contributed by atoms with E-state index in [0.29, 0.717) is 0 Å². The topological polar surface area (TPSA) is 56.7 Å². The lowest BCUT2D eigenvalue weighted by Gasteiger charge is -2.18. The van der Waals surface area contributed by atoms with Crippen molar-refractivity contribution in [1.29, 1.82) is 0 Å². The van der Waals surface area contributed by atoms with Crippen LogP contribution in [0.5, 0.6) is 0 Å². The summed E-state index contributed by atoms with van der Waals surface area (Å²) in [7, 11) is 0. The van der Waals surface area contributed by atoms with Crippen LogP contribution in [-0.4, -0.2) is 20.8 Å². The molecule has 1 aliphatic rings. The normalized spacial score (nSPS) is 17.0. The maximum Gasteiger partial charge on any atom is 0.123 e. The van der Waals surface area contributed by atoms with E-state index in [-0.39, 0.29) is 11.9 Å². The first-order valence-corrected chi connectivity index (χ1v) is 7.75. The van der Waals surface area contributed by atoms with Gasteiger partial charge in [-0.15, -0.1) is 0 Å². The highest BCUT2D eigenvalue weighted by Crippen LogP contribution is 2.33. The number of pyridine rings is 1. The zero-order valence-corrected chi connectivity index (χ0v) is 12.6. The van der Waals surface area contributed by atoms with Gasteiger partial charge < -0.3 is 5.73 Å². The minimum atomic E-state index is -0.252. The van der Waals surface area contributed by atoms with Crippen molar-refractivity contribution in [2.45, 2.75) is 25.3 Å². The van der Waals surface area contributed by atoms with Gasteiger partial charge in [0, 0.05) is 29.6 Å². The molecule has 1 aliphatic carbocycles. The Morgan fingerprint density at radius 1 is 1.09 bits per heavy atom. The molecule has 0 aliphatic heterocycles. The maximum absolute atomic E-state index is 13.2. The average Bonchev–Trinajstić information content (AvgIpc) is 2.95. The maximum atomic E-state index is 13.2. The molecule has 5 heteroatoms. The fraction of sp³-hybridized carbons (Fsp3) is 0.222. The smallest absolute Gasteiger partial charge is 0.123 e. The van der Waals surface area contributed by atoms with Gasteiger partial charge in [0.2, 0.25) is 0 Å². The molecule has 1 unspecified atom stereocenters. The van der Waals surface area contributed by atoms with Gasteiger partial charge in [0.15, 0.2) is 0 Å². The number of hydrogen-bond acceptors (Lipinski definition) is 3. The third-order valence-electron chi connectivity index (χ3n) is 4.31. The molecule has 0 bridgehead atoms. The molecular formula is C18H17FN4. The third-order valence-corrected chi connectivity index (χ3v) is 4.31. The Labute approximate surface area is 133 Å². The Morgan fingerprint density at radius 2 is 1.83 bits per heavy atom. The Bertz CT molecular complexity index is 824. The van der Waals surface area contributed by atoms with E-state index in [0.717, 1.165) is 41.9 Å².